The van der Waals surface area contributed by atoms with Gasteiger partial charge in [-0.15, -0.1) is 11.3 Å². The Kier molecular flexibility index (Phi) is 6.15. The highest BCUT2D eigenvalue weighted by atomic mass is 127. The van der Waals surface area contributed by atoms with Crippen molar-refractivity contribution in [2.75, 3.05) is 12.3 Å². The van der Waals surface area contributed by atoms with E-state index in [1.54, 1.807) is 17.7 Å². The second-order valence-corrected chi connectivity index (χ2v) is 15.8. The molecule has 3 heterocycles. The van der Waals surface area contributed by atoms with Crippen LogP contribution >= 0.6 is 33.9 Å². The Bertz CT molecular complexity index is 893. The van der Waals surface area contributed by atoms with Gasteiger partial charge in [-0.05, 0) is 40.8 Å². The number of thiophene rings is 1. The van der Waals surface area contributed by atoms with Crippen molar-refractivity contribution in [1.82, 2.24) is 19.5 Å². The third-order valence-corrected chi connectivity index (χ3v) is 7.23. The van der Waals surface area contributed by atoms with Crippen LogP contribution in [0.4, 0.5) is 5.95 Å². The lowest BCUT2D eigenvalue weighted by molar-refractivity contribution is 0.0895. The van der Waals surface area contributed by atoms with Crippen molar-refractivity contribution in [3.05, 3.63) is 26.2 Å². The zero-order valence-corrected chi connectivity index (χ0v) is 19.0. The Balaban J connectivity index is 1.71. The van der Waals surface area contributed by atoms with E-state index in [2.05, 4.69) is 63.3 Å². The lowest BCUT2D eigenvalue weighted by atomic mass is 10.5. The molecule has 0 radical (unpaired) electrons. The molecule has 0 unspecified atom stereocenters. The van der Waals surface area contributed by atoms with Crippen LogP contribution in [0.25, 0.3) is 11.2 Å². The van der Waals surface area contributed by atoms with Crippen molar-refractivity contribution in [1.29, 1.82) is 0 Å². The quantitative estimate of drug-likeness (QED) is 0.285. The zero-order valence-electron chi connectivity index (χ0n) is 15.0. The Morgan fingerprint density at radius 1 is 1.27 bits per heavy atom. The number of hydrogen-bond donors (Lipinski definition) is 1. The average molecular weight is 503 g/mol. The maximum atomic E-state index is 5.86. The molecule has 0 aliphatic carbocycles. The van der Waals surface area contributed by atoms with Crippen LogP contribution in [0.3, 0.4) is 0 Å². The molecule has 0 atom stereocenters. The van der Waals surface area contributed by atoms with Crippen LogP contribution in [0.5, 0.6) is 5.88 Å². The largest absolute Gasteiger partial charge is 0.470 e. The second kappa shape index (κ2) is 8.19. The van der Waals surface area contributed by atoms with E-state index in [9.17, 15) is 0 Å². The number of ether oxygens (including phenoxy) is 2. The first-order chi connectivity index (χ1) is 12.3. The molecular formula is C16H22IN5O2SSi. The van der Waals surface area contributed by atoms with E-state index in [0.29, 0.717) is 30.4 Å². The Hall–Kier alpha value is -1.24. The Morgan fingerprint density at radius 2 is 2.08 bits per heavy atom. The van der Waals surface area contributed by atoms with Crippen molar-refractivity contribution >= 4 is 59.1 Å². The number of nitrogens with two attached hydrogens (primary N) is 1. The summed E-state index contributed by atoms with van der Waals surface area (Å²) in [6, 6.07) is 5.21. The molecule has 3 rings (SSSR count). The van der Waals surface area contributed by atoms with Gasteiger partial charge < -0.3 is 15.2 Å². The van der Waals surface area contributed by atoms with Gasteiger partial charge in [-0.2, -0.15) is 9.97 Å². The summed E-state index contributed by atoms with van der Waals surface area (Å²) in [6.45, 7) is 8.54. The van der Waals surface area contributed by atoms with E-state index < -0.39 is 8.07 Å². The molecule has 3 aromatic rings. The van der Waals surface area contributed by atoms with Gasteiger partial charge in [0.15, 0.2) is 11.2 Å². The molecule has 7 nitrogen and oxygen atoms in total. The fourth-order valence-corrected chi connectivity index (χ4v) is 4.67. The highest BCUT2D eigenvalue weighted by Crippen LogP contribution is 2.25. The van der Waals surface area contributed by atoms with E-state index in [0.717, 1.165) is 17.5 Å². The number of anilines is 1. The van der Waals surface area contributed by atoms with Gasteiger partial charge in [0.25, 0.3) is 0 Å². The topological polar surface area (TPSA) is 88.1 Å². The number of nitrogens with zero attached hydrogens (tertiary/aromatic N) is 4. The predicted octanol–water partition coefficient (Wildman–Crippen LogP) is 3.97. The van der Waals surface area contributed by atoms with Gasteiger partial charge in [-0.1, -0.05) is 19.6 Å². The van der Waals surface area contributed by atoms with Gasteiger partial charge in [-0.25, -0.2) is 4.98 Å². The van der Waals surface area contributed by atoms with Gasteiger partial charge in [-0.3, -0.25) is 4.57 Å². The monoisotopic (exact) mass is 503 g/mol. The van der Waals surface area contributed by atoms with Crippen LogP contribution in [0.15, 0.2) is 18.5 Å². The highest BCUT2D eigenvalue weighted by Gasteiger charge is 2.15. The summed E-state index contributed by atoms with van der Waals surface area (Å²) in [6.07, 6.45) is 1.69. The molecule has 0 aromatic carbocycles. The van der Waals surface area contributed by atoms with Gasteiger partial charge in [0, 0.05) is 19.6 Å². The fourth-order valence-electron chi connectivity index (χ4n) is 2.24. The number of imidazole rings is 1. The Morgan fingerprint density at radius 3 is 2.77 bits per heavy atom. The maximum Gasteiger partial charge on any atom is 0.247 e. The predicted molar refractivity (Wildman–Crippen MR) is 115 cm³/mol. The van der Waals surface area contributed by atoms with Crippen LogP contribution < -0.4 is 10.5 Å². The van der Waals surface area contributed by atoms with Crippen LogP contribution in [-0.4, -0.2) is 34.2 Å². The third kappa shape index (κ3) is 5.15. The van der Waals surface area contributed by atoms with Gasteiger partial charge >= 0.3 is 0 Å². The Labute approximate surface area is 171 Å². The maximum absolute atomic E-state index is 5.86. The summed E-state index contributed by atoms with van der Waals surface area (Å²) in [7, 11) is -1.11. The summed E-state index contributed by atoms with van der Waals surface area (Å²) < 4.78 is 14.7. The normalized spacial score (nSPS) is 12.0. The molecule has 0 fully saturated rings. The summed E-state index contributed by atoms with van der Waals surface area (Å²) in [5, 5.41) is 0. The van der Waals surface area contributed by atoms with Crippen molar-refractivity contribution < 1.29 is 9.47 Å². The molecule has 2 N–H and O–H groups in total. The molecule has 140 valence electrons. The van der Waals surface area contributed by atoms with Crippen LogP contribution in [-0.2, 0) is 18.1 Å². The number of aromatic nitrogens is 4. The van der Waals surface area contributed by atoms with Gasteiger partial charge in [0.05, 0.1) is 9.21 Å². The third-order valence-electron chi connectivity index (χ3n) is 3.66. The minimum absolute atomic E-state index is 0.164. The van der Waals surface area contributed by atoms with E-state index in [1.807, 2.05) is 10.6 Å². The van der Waals surface area contributed by atoms with E-state index in [4.69, 9.17) is 15.2 Å². The van der Waals surface area contributed by atoms with Crippen LogP contribution in [0, 0.1) is 2.88 Å². The summed E-state index contributed by atoms with van der Waals surface area (Å²) in [5.74, 6) is 0.564. The molecule has 0 saturated heterocycles. The molecule has 10 heteroatoms. The smallest absolute Gasteiger partial charge is 0.247 e. The zero-order chi connectivity index (χ0) is 18.7. The molecule has 0 amide bonds. The molecular weight excluding hydrogens is 481 g/mol. The van der Waals surface area contributed by atoms with Crippen molar-refractivity contribution in [3.8, 4) is 5.88 Å². The molecule has 0 aliphatic rings. The summed E-state index contributed by atoms with van der Waals surface area (Å²) in [4.78, 5) is 14.0. The first kappa shape index (κ1) is 19.5. The van der Waals surface area contributed by atoms with Gasteiger partial charge in [0.2, 0.25) is 11.8 Å². The lowest BCUT2D eigenvalue weighted by Crippen LogP contribution is -2.22. The second-order valence-electron chi connectivity index (χ2n) is 7.12. The SMILES string of the molecule is C[Si](C)(C)CCOCn1cnc2c(OCc3ccc(I)s3)nc(N)nc21. The fraction of sp³-hybridized carbons (Fsp3) is 0.438. The summed E-state index contributed by atoms with van der Waals surface area (Å²) in [5.41, 5.74) is 7.08. The van der Waals surface area contributed by atoms with Crippen molar-refractivity contribution in [3.63, 3.8) is 0 Å². The lowest BCUT2D eigenvalue weighted by Gasteiger charge is -2.15. The molecule has 0 aliphatic heterocycles. The van der Waals surface area contributed by atoms with E-state index in [-0.39, 0.29) is 5.95 Å². The number of nitrogen functional groups attached to an aromatic ring is 1. The van der Waals surface area contributed by atoms with Crippen LogP contribution in [0.2, 0.25) is 25.7 Å². The van der Waals surface area contributed by atoms with Crippen molar-refractivity contribution in [2.45, 2.75) is 39.0 Å². The number of halogens is 1. The molecule has 0 spiro atoms. The average Bonchev–Trinajstić information content (AvgIpc) is 3.15. The van der Waals surface area contributed by atoms with Crippen molar-refractivity contribution in [2.24, 2.45) is 0 Å². The molecule has 3 aromatic heterocycles. The number of rotatable bonds is 8. The molecule has 0 saturated carbocycles. The van der Waals surface area contributed by atoms with E-state index >= 15 is 0 Å². The number of fused-ring (bicyclic) bond motifs is 1. The minimum Gasteiger partial charge on any atom is -0.470 e. The molecule has 26 heavy (non-hydrogen) atoms. The highest BCUT2D eigenvalue weighted by molar-refractivity contribution is 14.1. The standard InChI is InChI=1S/C16H22IN5O2SSi/c1-26(2,3)7-6-23-10-22-9-19-13-14(22)20-16(18)21-15(13)24-8-11-4-5-12(17)25-11/h4-5,9H,6-8,10H2,1-3H3,(H2,18,20,21). The number of hydrogen-bond acceptors (Lipinski definition) is 7. The van der Waals surface area contributed by atoms with Crippen LogP contribution in [0.1, 0.15) is 4.88 Å². The molecule has 0 bridgehead atoms. The van der Waals surface area contributed by atoms with E-state index in [1.165, 1.54) is 2.88 Å². The first-order valence-corrected chi connectivity index (χ1v) is 13.9. The van der Waals surface area contributed by atoms with Gasteiger partial charge in [0.1, 0.15) is 13.3 Å². The summed E-state index contributed by atoms with van der Waals surface area (Å²) >= 11 is 3.97. The first-order valence-electron chi connectivity index (χ1n) is 8.25. The minimum atomic E-state index is -1.11.